The quantitative estimate of drug-likeness (QED) is 0.308. The minimum Gasteiger partial charge on any atom is -0.393 e. The molecule has 25 heavy (non-hydrogen) atoms. The monoisotopic (exact) mass is 351 g/mol. The second kappa shape index (κ2) is 14.9. The average molecular weight is 352 g/mol. The van der Waals surface area contributed by atoms with Gasteiger partial charge in [-0.25, -0.2) is 0 Å². The number of nitrogens with zero attached hydrogens (tertiary/aromatic N) is 1. The molecule has 1 aliphatic heterocycles. The van der Waals surface area contributed by atoms with E-state index in [1.807, 2.05) is 0 Å². The summed E-state index contributed by atoms with van der Waals surface area (Å²) < 4.78 is 0. The lowest BCUT2D eigenvalue weighted by Crippen LogP contribution is -2.42. The fourth-order valence-electron chi connectivity index (χ4n) is 2.94. The molecule has 1 amide bonds. The van der Waals surface area contributed by atoms with E-state index in [2.05, 4.69) is 34.9 Å². The summed E-state index contributed by atoms with van der Waals surface area (Å²) in [6.07, 6.45) is 18.6. The number of hydrogen-bond donors (Lipinski definition) is 3. The van der Waals surface area contributed by atoms with Crippen LogP contribution in [0.2, 0.25) is 0 Å². The Morgan fingerprint density at radius 3 is 2.60 bits per heavy atom. The van der Waals surface area contributed by atoms with Gasteiger partial charge in [0.05, 0.1) is 6.10 Å². The van der Waals surface area contributed by atoms with Crippen molar-refractivity contribution in [3.8, 4) is 0 Å². The Morgan fingerprint density at radius 1 is 1.04 bits per heavy atom. The van der Waals surface area contributed by atoms with Crippen molar-refractivity contribution in [3.05, 3.63) is 12.2 Å². The lowest BCUT2D eigenvalue weighted by atomic mass is 10.0. The maximum absolute atomic E-state index is 11.2. The lowest BCUT2D eigenvalue weighted by molar-refractivity contribution is -0.119. The number of carbonyl (C=O) groups is 1. The van der Waals surface area contributed by atoms with Crippen LogP contribution in [0, 0.1) is 0 Å². The minimum absolute atomic E-state index is 0.00482. The third-order valence-electron chi connectivity index (χ3n) is 4.50. The third-order valence-corrected chi connectivity index (χ3v) is 4.50. The lowest BCUT2D eigenvalue weighted by Gasteiger charge is -2.13. The first-order valence-corrected chi connectivity index (χ1v) is 10.1. The van der Waals surface area contributed by atoms with Crippen LogP contribution in [-0.2, 0) is 4.79 Å². The SMILES string of the molecule is CCCCC/C=C\CC[C@H](O)CCCCCCCC1=NNCC(=O)N1. The summed E-state index contributed by atoms with van der Waals surface area (Å²) in [5.74, 6) is 0.754. The second-order valence-corrected chi connectivity index (χ2v) is 6.95. The van der Waals surface area contributed by atoms with E-state index in [1.165, 1.54) is 38.5 Å². The molecule has 0 fully saturated rings. The molecule has 0 aliphatic carbocycles. The zero-order valence-corrected chi connectivity index (χ0v) is 15.9. The summed E-state index contributed by atoms with van der Waals surface area (Å²) in [4.78, 5) is 11.2. The van der Waals surface area contributed by atoms with Crippen molar-refractivity contribution in [1.82, 2.24) is 10.7 Å². The Hall–Kier alpha value is -1.36. The summed E-state index contributed by atoms with van der Waals surface area (Å²) >= 11 is 0. The van der Waals surface area contributed by atoms with Crippen LogP contribution in [0.25, 0.3) is 0 Å². The predicted octanol–water partition coefficient (Wildman–Crippen LogP) is 4.03. The summed E-state index contributed by atoms with van der Waals surface area (Å²) in [6.45, 7) is 2.50. The molecule has 0 bridgehead atoms. The molecular formula is C20H37N3O2. The highest BCUT2D eigenvalue weighted by atomic mass is 16.3. The molecule has 0 radical (unpaired) electrons. The third kappa shape index (κ3) is 12.6. The standard InChI is InChI=1S/C20H37N3O2/c1-2-3-4-5-6-8-11-14-18(24)15-12-9-7-10-13-16-19-22-20(25)17-21-23-19/h6,8,18,21,24H,2-5,7,9-17H2,1H3,(H,22,23,25)/b8-6-/t18-/m0/s1. The fourth-order valence-corrected chi connectivity index (χ4v) is 2.94. The molecule has 0 unspecified atom stereocenters. The molecule has 0 aromatic rings. The molecule has 1 heterocycles. The molecule has 5 heteroatoms. The first-order valence-electron chi connectivity index (χ1n) is 10.1. The summed E-state index contributed by atoms with van der Waals surface area (Å²) in [7, 11) is 0. The number of hydrogen-bond acceptors (Lipinski definition) is 4. The summed E-state index contributed by atoms with van der Waals surface area (Å²) in [5.41, 5.74) is 2.74. The largest absolute Gasteiger partial charge is 0.393 e. The number of aliphatic hydroxyl groups is 1. The second-order valence-electron chi connectivity index (χ2n) is 6.95. The van der Waals surface area contributed by atoms with E-state index in [-0.39, 0.29) is 18.6 Å². The van der Waals surface area contributed by atoms with Gasteiger partial charge in [-0.3, -0.25) is 10.2 Å². The number of amides is 1. The first-order chi connectivity index (χ1) is 12.2. The molecule has 0 aromatic heterocycles. The van der Waals surface area contributed by atoms with Gasteiger partial charge in [0.25, 0.3) is 0 Å². The van der Waals surface area contributed by atoms with Gasteiger partial charge in [-0.05, 0) is 38.5 Å². The van der Waals surface area contributed by atoms with E-state index in [0.29, 0.717) is 0 Å². The molecule has 1 rings (SSSR count). The van der Waals surface area contributed by atoms with Gasteiger partial charge < -0.3 is 10.4 Å². The van der Waals surface area contributed by atoms with E-state index in [1.54, 1.807) is 0 Å². The van der Waals surface area contributed by atoms with Gasteiger partial charge in [-0.1, -0.05) is 57.6 Å². The fraction of sp³-hybridized carbons (Fsp3) is 0.800. The first kappa shape index (κ1) is 21.7. The zero-order valence-electron chi connectivity index (χ0n) is 15.9. The zero-order chi connectivity index (χ0) is 18.2. The van der Waals surface area contributed by atoms with Crippen LogP contribution in [0.3, 0.4) is 0 Å². The Bertz CT molecular complexity index is 408. The molecule has 1 aliphatic rings. The van der Waals surface area contributed by atoms with Crippen LogP contribution in [-0.4, -0.2) is 29.5 Å². The van der Waals surface area contributed by atoms with Crippen LogP contribution >= 0.6 is 0 Å². The molecule has 1 atom stereocenters. The molecule has 3 N–H and O–H groups in total. The van der Waals surface area contributed by atoms with Gasteiger partial charge in [0.2, 0.25) is 5.91 Å². The number of allylic oxidation sites excluding steroid dienone is 2. The van der Waals surface area contributed by atoms with Crippen molar-refractivity contribution in [2.75, 3.05) is 6.54 Å². The Morgan fingerprint density at radius 2 is 1.80 bits per heavy atom. The van der Waals surface area contributed by atoms with E-state index < -0.39 is 0 Å². The number of unbranched alkanes of at least 4 members (excludes halogenated alkanes) is 7. The molecule has 0 saturated heterocycles. The van der Waals surface area contributed by atoms with Gasteiger partial charge in [0.15, 0.2) is 0 Å². The van der Waals surface area contributed by atoms with Crippen LogP contribution < -0.4 is 10.7 Å². The van der Waals surface area contributed by atoms with Gasteiger partial charge in [0.1, 0.15) is 12.4 Å². The Balaban J connectivity index is 1.87. The smallest absolute Gasteiger partial charge is 0.246 e. The number of amidine groups is 1. The summed E-state index contributed by atoms with van der Waals surface area (Å²) in [5, 5.41) is 16.9. The number of nitrogens with one attached hydrogen (secondary N) is 2. The number of rotatable bonds is 15. The van der Waals surface area contributed by atoms with Gasteiger partial charge in [-0.15, -0.1) is 0 Å². The van der Waals surface area contributed by atoms with Crippen LogP contribution in [0.15, 0.2) is 17.3 Å². The number of aliphatic hydroxyl groups excluding tert-OH is 1. The average Bonchev–Trinajstić information content (AvgIpc) is 2.60. The molecule has 144 valence electrons. The maximum Gasteiger partial charge on any atom is 0.246 e. The van der Waals surface area contributed by atoms with Crippen molar-refractivity contribution in [2.24, 2.45) is 5.10 Å². The topological polar surface area (TPSA) is 73.7 Å². The van der Waals surface area contributed by atoms with Gasteiger partial charge in [0, 0.05) is 6.42 Å². The van der Waals surface area contributed by atoms with E-state index in [4.69, 9.17) is 0 Å². The molecule has 5 nitrogen and oxygen atoms in total. The Kier molecular flexibility index (Phi) is 13.0. The van der Waals surface area contributed by atoms with Crippen LogP contribution in [0.1, 0.15) is 90.4 Å². The highest BCUT2D eigenvalue weighted by Gasteiger charge is 2.10. The highest BCUT2D eigenvalue weighted by molar-refractivity contribution is 6.00. The van der Waals surface area contributed by atoms with Crippen molar-refractivity contribution >= 4 is 11.7 Å². The molecule has 0 spiro atoms. The predicted molar refractivity (Wildman–Crippen MR) is 104 cm³/mol. The molecule has 0 aromatic carbocycles. The Labute approximate surface area is 153 Å². The van der Waals surface area contributed by atoms with Crippen LogP contribution in [0.4, 0.5) is 0 Å². The van der Waals surface area contributed by atoms with E-state index in [0.717, 1.165) is 50.8 Å². The highest BCUT2D eigenvalue weighted by Crippen LogP contribution is 2.12. The maximum atomic E-state index is 11.2. The van der Waals surface area contributed by atoms with Crippen LogP contribution in [0.5, 0.6) is 0 Å². The van der Waals surface area contributed by atoms with E-state index in [9.17, 15) is 9.90 Å². The molecular weight excluding hydrogens is 314 g/mol. The van der Waals surface area contributed by atoms with Crippen molar-refractivity contribution in [3.63, 3.8) is 0 Å². The normalized spacial score (nSPS) is 15.8. The van der Waals surface area contributed by atoms with E-state index >= 15 is 0 Å². The minimum atomic E-state index is -0.154. The van der Waals surface area contributed by atoms with Gasteiger partial charge in [-0.2, -0.15) is 5.10 Å². The number of hydrazone groups is 1. The number of carbonyl (C=O) groups excluding carboxylic acids is 1. The molecule has 0 saturated carbocycles. The van der Waals surface area contributed by atoms with Crippen molar-refractivity contribution in [2.45, 2.75) is 96.5 Å². The summed E-state index contributed by atoms with van der Waals surface area (Å²) in [6, 6.07) is 0. The van der Waals surface area contributed by atoms with Crippen molar-refractivity contribution < 1.29 is 9.90 Å². The van der Waals surface area contributed by atoms with Crippen molar-refractivity contribution in [1.29, 1.82) is 0 Å². The van der Waals surface area contributed by atoms with Gasteiger partial charge >= 0.3 is 0 Å².